The van der Waals surface area contributed by atoms with Crippen molar-refractivity contribution in [2.24, 2.45) is 0 Å². The maximum atomic E-state index is 12.3. The van der Waals surface area contributed by atoms with E-state index in [4.69, 9.17) is 11.6 Å². The van der Waals surface area contributed by atoms with E-state index in [1.165, 1.54) is 0 Å². The summed E-state index contributed by atoms with van der Waals surface area (Å²) in [6.45, 7) is 0.416. The number of amides is 1. The summed E-state index contributed by atoms with van der Waals surface area (Å²) in [5.74, 6) is -1.30. The average molecular weight is 300 g/mol. The Balaban J connectivity index is 2.04. The standard InChI is InChI=1S/C13H12ClF2N3O/c14-10-5-4-9(7-17-10)8-19-6-2-1-3-11(19)18-13(20)12(15)16/h1-7,11-12H,8H2,(H,18,20). The summed E-state index contributed by atoms with van der Waals surface area (Å²) in [6.07, 6.45) is 4.74. The maximum Gasteiger partial charge on any atom is 0.315 e. The number of nitrogens with zero attached hydrogens (tertiary/aromatic N) is 2. The van der Waals surface area contributed by atoms with E-state index in [0.29, 0.717) is 11.7 Å². The molecule has 0 saturated heterocycles. The number of pyridine rings is 1. The van der Waals surface area contributed by atoms with Crippen LogP contribution in [-0.4, -0.2) is 28.4 Å². The fourth-order valence-electron chi connectivity index (χ4n) is 1.73. The highest BCUT2D eigenvalue weighted by Gasteiger charge is 2.22. The average Bonchev–Trinajstić information content (AvgIpc) is 2.43. The highest BCUT2D eigenvalue weighted by molar-refractivity contribution is 6.29. The molecule has 1 atom stereocenters. The van der Waals surface area contributed by atoms with Crippen molar-refractivity contribution in [2.45, 2.75) is 19.1 Å². The van der Waals surface area contributed by atoms with Gasteiger partial charge in [-0.1, -0.05) is 23.7 Å². The summed E-state index contributed by atoms with van der Waals surface area (Å²) in [4.78, 5) is 16.7. The maximum absolute atomic E-state index is 12.3. The van der Waals surface area contributed by atoms with Crippen LogP contribution in [-0.2, 0) is 11.3 Å². The van der Waals surface area contributed by atoms with E-state index in [0.717, 1.165) is 5.56 Å². The summed E-state index contributed by atoms with van der Waals surface area (Å²) in [5.41, 5.74) is 0.852. The number of aromatic nitrogens is 1. The second kappa shape index (κ2) is 6.47. The molecule has 1 amide bonds. The van der Waals surface area contributed by atoms with Gasteiger partial charge in [0.05, 0.1) is 0 Å². The molecular weight excluding hydrogens is 288 g/mol. The molecule has 0 spiro atoms. The molecule has 7 heteroatoms. The highest BCUT2D eigenvalue weighted by Crippen LogP contribution is 2.13. The highest BCUT2D eigenvalue weighted by atomic mass is 35.5. The summed E-state index contributed by atoms with van der Waals surface area (Å²) < 4.78 is 24.6. The van der Waals surface area contributed by atoms with Crippen molar-refractivity contribution in [2.75, 3.05) is 0 Å². The molecule has 2 heterocycles. The smallest absolute Gasteiger partial charge is 0.315 e. The van der Waals surface area contributed by atoms with Crippen molar-refractivity contribution >= 4 is 17.5 Å². The summed E-state index contributed by atoms with van der Waals surface area (Å²) in [5, 5.41) is 2.63. The van der Waals surface area contributed by atoms with E-state index >= 15 is 0 Å². The fraction of sp³-hybridized carbons (Fsp3) is 0.231. The van der Waals surface area contributed by atoms with Crippen LogP contribution in [0, 0.1) is 0 Å². The SMILES string of the molecule is O=C(NC1C=CC=CN1Cc1ccc(Cl)nc1)C(F)F. The van der Waals surface area contributed by atoms with Crippen LogP contribution in [0.5, 0.6) is 0 Å². The lowest BCUT2D eigenvalue weighted by Gasteiger charge is -2.30. The van der Waals surface area contributed by atoms with Gasteiger partial charge in [-0.15, -0.1) is 0 Å². The molecule has 1 N–H and O–H groups in total. The van der Waals surface area contributed by atoms with E-state index in [1.54, 1.807) is 47.7 Å². The van der Waals surface area contributed by atoms with Crippen LogP contribution >= 0.6 is 11.6 Å². The van der Waals surface area contributed by atoms with E-state index in [-0.39, 0.29) is 0 Å². The Bertz CT molecular complexity index is 531. The molecule has 1 aliphatic rings. The third kappa shape index (κ3) is 3.77. The molecule has 1 aliphatic heterocycles. The van der Waals surface area contributed by atoms with Gasteiger partial charge in [0.25, 0.3) is 5.91 Å². The van der Waals surface area contributed by atoms with Gasteiger partial charge in [0.1, 0.15) is 11.3 Å². The second-order valence-electron chi connectivity index (χ2n) is 4.14. The van der Waals surface area contributed by atoms with Gasteiger partial charge in [-0.05, 0) is 23.8 Å². The number of carbonyl (C=O) groups is 1. The summed E-state index contributed by atoms with van der Waals surface area (Å²) in [6, 6.07) is 3.43. The molecule has 0 aliphatic carbocycles. The molecule has 0 fully saturated rings. The molecule has 20 heavy (non-hydrogen) atoms. The minimum absolute atomic E-state index is 0.380. The second-order valence-corrected chi connectivity index (χ2v) is 4.53. The van der Waals surface area contributed by atoms with Crippen LogP contribution in [0.2, 0.25) is 5.15 Å². The first-order valence-corrected chi connectivity index (χ1v) is 6.24. The van der Waals surface area contributed by atoms with Crippen molar-refractivity contribution in [3.63, 3.8) is 0 Å². The fourth-order valence-corrected chi connectivity index (χ4v) is 1.85. The topological polar surface area (TPSA) is 45.2 Å². The summed E-state index contributed by atoms with van der Waals surface area (Å²) >= 11 is 5.70. The predicted octanol–water partition coefficient (Wildman–Crippen LogP) is 2.33. The Morgan fingerprint density at radius 2 is 2.25 bits per heavy atom. The largest absolute Gasteiger partial charge is 0.350 e. The first-order chi connectivity index (χ1) is 9.56. The van der Waals surface area contributed by atoms with Crippen molar-refractivity contribution in [1.82, 2.24) is 15.2 Å². The van der Waals surface area contributed by atoms with Gasteiger partial charge >= 0.3 is 6.43 Å². The molecule has 1 aromatic heterocycles. The number of alkyl halides is 2. The zero-order valence-electron chi connectivity index (χ0n) is 10.3. The lowest BCUT2D eigenvalue weighted by molar-refractivity contribution is -0.133. The molecule has 0 radical (unpaired) electrons. The Morgan fingerprint density at radius 1 is 1.45 bits per heavy atom. The number of hydrogen-bond donors (Lipinski definition) is 1. The lowest BCUT2D eigenvalue weighted by Crippen LogP contribution is -2.47. The van der Waals surface area contributed by atoms with E-state index < -0.39 is 18.5 Å². The predicted molar refractivity (Wildman–Crippen MR) is 71.0 cm³/mol. The Morgan fingerprint density at radius 3 is 2.90 bits per heavy atom. The zero-order chi connectivity index (χ0) is 14.5. The minimum Gasteiger partial charge on any atom is -0.350 e. The van der Waals surface area contributed by atoms with Gasteiger partial charge in [0.2, 0.25) is 0 Å². The minimum atomic E-state index is -3.03. The van der Waals surface area contributed by atoms with Gasteiger partial charge in [0.15, 0.2) is 0 Å². The van der Waals surface area contributed by atoms with Crippen LogP contribution in [0.15, 0.2) is 42.8 Å². The Hall–Kier alpha value is -1.95. The number of allylic oxidation sites excluding steroid dienone is 2. The van der Waals surface area contributed by atoms with Crippen LogP contribution in [0.25, 0.3) is 0 Å². The van der Waals surface area contributed by atoms with Crippen LogP contribution < -0.4 is 5.32 Å². The number of nitrogens with one attached hydrogen (secondary N) is 1. The van der Waals surface area contributed by atoms with E-state index in [9.17, 15) is 13.6 Å². The van der Waals surface area contributed by atoms with Gasteiger partial charge in [-0.25, -0.2) is 4.98 Å². The van der Waals surface area contributed by atoms with Crippen LogP contribution in [0.3, 0.4) is 0 Å². The van der Waals surface area contributed by atoms with Gasteiger partial charge in [0, 0.05) is 18.9 Å². The molecule has 1 unspecified atom stereocenters. The molecule has 4 nitrogen and oxygen atoms in total. The zero-order valence-corrected chi connectivity index (χ0v) is 11.1. The molecule has 1 aromatic rings. The number of halogens is 3. The third-order valence-electron chi connectivity index (χ3n) is 2.68. The molecule has 106 valence electrons. The van der Waals surface area contributed by atoms with Crippen LogP contribution in [0.1, 0.15) is 5.56 Å². The van der Waals surface area contributed by atoms with E-state index in [1.807, 2.05) is 0 Å². The van der Waals surface area contributed by atoms with Gasteiger partial charge in [-0.3, -0.25) is 4.79 Å². The van der Waals surface area contributed by atoms with Gasteiger partial charge in [-0.2, -0.15) is 8.78 Å². The van der Waals surface area contributed by atoms with Crippen molar-refractivity contribution in [3.05, 3.63) is 53.5 Å². The van der Waals surface area contributed by atoms with Crippen LogP contribution in [0.4, 0.5) is 8.78 Å². The van der Waals surface area contributed by atoms with Crippen molar-refractivity contribution < 1.29 is 13.6 Å². The number of rotatable bonds is 4. The molecule has 2 rings (SSSR count). The Labute approximate surface area is 119 Å². The monoisotopic (exact) mass is 299 g/mol. The third-order valence-corrected chi connectivity index (χ3v) is 2.91. The molecule has 0 saturated carbocycles. The van der Waals surface area contributed by atoms with Crippen molar-refractivity contribution in [3.8, 4) is 0 Å². The lowest BCUT2D eigenvalue weighted by atomic mass is 10.2. The van der Waals surface area contributed by atoms with Gasteiger partial charge < -0.3 is 10.2 Å². The first-order valence-electron chi connectivity index (χ1n) is 5.86. The molecule has 0 aromatic carbocycles. The summed E-state index contributed by atoms with van der Waals surface area (Å²) in [7, 11) is 0. The molecule has 0 bridgehead atoms. The first kappa shape index (κ1) is 14.5. The normalized spacial score (nSPS) is 17.6. The Kier molecular flexibility index (Phi) is 4.68. The number of hydrogen-bond acceptors (Lipinski definition) is 3. The van der Waals surface area contributed by atoms with Crippen molar-refractivity contribution in [1.29, 1.82) is 0 Å². The number of carbonyl (C=O) groups excluding carboxylic acids is 1. The molecular formula is C13H12ClF2N3O. The van der Waals surface area contributed by atoms with E-state index in [2.05, 4.69) is 10.3 Å². The quantitative estimate of drug-likeness (QED) is 0.868.